The Morgan fingerprint density at radius 3 is 3.10 bits per heavy atom. The molecule has 52 valence electrons. The summed E-state index contributed by atoms with van der Waals surface area (Å²) in [5.41, 5.74) is 1.36. The SMILES string of the molecule is C#CCC(C)c1ccsc1. The molecule has 0 saturated carbocycles. The van der Waals surface area contributed by atoms with E-state index in [1.165, 1.54) is 5.56 Å². The van der Waals surface area contributed by atoms with Crippen LogP contribution in [0.15, 0.2) is 16.8 Å². The van der Waals surface area contributed by atoms with Gasteiger partial charge in [-0.3, -0.25) is 0 Å². The molecule has 1 aromatic rings. The lowest BCUT2D eigenvalue weighted by Gasteiger charge is -2.02. The van der Waals surface area contributed by atoms with Gasteiger partial charge < -0.3 is 0 Å². The van der Waals surface area contributed by atoms with Crippen LogP contribution in [0, 0.1) is 12.3 Å². The Hall–Kier alpha value is -0.740. The molecule has 0 amide bonds. The van der Waals surface area contributed by atoms with Gasteiger partial charge in [0.2, 0.25) is 0 Å². The molecule has 0 spiro atoms. The van der Waals surface area contributed by atoms with Gasteiger partial charge in [0.25, 0.3) is 0 Å². The van der Waals surface area contributed by atoms with Crippen LogP contribution in [0.5, 0.6) is 0 Å². The number of rotatable bonds is 2. The van der Waals surface area contributed by atoms with Crippen LogP contribution in [0.1, 0.15) is 24.8 Å². The zero-order valence-electron chi connectivity index (χ0n) is 6.00. The van der Waals surface area contributed by atoms with Crippen molar-refractivity contribution in [3.8, 4) is 12.3 Å². The smallest absolute Gasteiger partial charge is 0.0153 e. The van der Waals surface area contributed by atoms with Gasteiger partial charge in [0.05, 0.1) is 0 Å². The van der Waals surface area contributed by atoms with Crippen molar-refractivity contribution in [3.63, 3.8) is 0 Å². The summed E-state index contributed by atoms with van der Waals surface area (Å²) in [6.07, 6.45) is 6.03. The summed E-state index contributed by atoms with van der Waals surface area (Å²) >= 11 is 1.73. The summed E-state index contributed by atoms with van der Waals surface area (Å²) in [5.74, 6) is 3.18. The molecule has 0 nitrogen and oxygen atoms in total. The van der Waals surface area contributed by atoms with Crippen LogP contribution >= 0.6 is 11.3 Å². The van der Waals surface area contributed by atoms with Crippen molar-refractivity contribution in [2.24, 2.45) is 0 Å². The first-order chi connectivity index (χ1) is 4.84. The second kappa shape index (κ2) is 3.43. The minimum Gasteiger partial charge on any atom is -0.152 e. The third-order valence-electron chi connectivity index (χ3n) is 1.54. The predicted octanol–water partition coefficient (Wildman–Crippen LogP) is 2.87. The number of terminal acetylenes is 1. The number of hydrogen-bond donors (Lipinski definition) is 0. The normalized spacial score (nSPS) is 12.4. The van der Waals surface area contributed by atoms with Gasteiger partial charge in [-0.05, 0) is 28.3 Å². The number of hydrogen-bond acceptors (Lipinski definition) is 1. The first kappa shape index (κ1) is 7.37. The second-order valence-corrected chi connectivity index (χ2v) is 3.15. The lowest BCUT2D eigenvalue weighted by Crippen LogP contribution is -1.87. The highest BCUT2D eigenvalue weighted by Crippen LogP contribution is 2.20. The van der Waals surface area contributed by atoms with Crippen LogP contribution < -0.4 is 0 Å². The maximum atomic E-state index is 5.19. The Balaban J connectivity index is 2.61. The fourth-order valence-electron chi connectivity index (χ4n) is 0.850. The summed E-state index contributed by atoms with van der Waals surface area (Å²) in [6, 6.07) is 2.13. The van der Waals surface area contributed by atoms with Gasteiger partial charge in [0.1, 0.15) is 0 Å². The largest absolute Gasteiger partial charge is 0.152 e. The van der Waals surface area contributed by atoms with E-state index in [9.17, 15) is 0 Å². The molecule has 0 aliphatic heterocycles. The molecule has 1 unspecified atom stereocenters. The second-order valence-electron chi connectivity index (χ2n) is 2.37. The van der Waals surface area contributed by atoms with E-state index in [4.69, 9.17) is 6.42 Å². The van der Waals surface area contributed by atoms with E-state index in [1.807, 2.05) is 0 Å². The maximum absolute atomic E-state index is 5.19. The van der Waals surface area contributed by atoms with Crippen LogP contribution in [0.2, 0.25) is 0 Å². The topological polar surface area (TPSA) is 0 Å². The van der Waals surface area contributed by atoms with Crippen molar-refractivity contribution in [2.45, 2.75) is 19.3 Å². The van der Waals surface area contributed by atoms with E-state index >= 15 is 0 Å². The maximum Gasteiger partial charge on any atom is 0.0153 e. The highest BCUT2D eigenvalue weighted by atomic mass is 32.1. The van der Waals surface area contributed by atoms with Crippen molar-refractivity contribution in [1.82, 2.24) is 0 Å². The summed E-state index contributed by atoms with van der Waals surface area (Å²) in [6.45, 7) is 2.15. The van der Waals surface area contributed by atoms with E-state index in [-0.39, 0.29) is 0 Å². The van der Waals surface area contributed by atoms with Gasteiger partial charge in [-0.25, -0.2) is 0 Å². The first-order valence-electron chi connectivity index (χ1n) is 3.30. The van der Waals surface area contributed by atoms with Gasteiger partial charge >= 0.3 is 0 Å². The zero-order chi connectivity index (χ0) is 7.40. The Bertz CT molecular complexity index is 215. The van der Waals surface area contributed by atoms with E-state index in [1.54, 1.807) is 11.3 Å². The highest BCUT2D eigenvalue weighted by molar-refractivity contribution is 7.07. The van der Waals surface area contributed by atoms with Crippen molar-refractivity contribution in [2.75, 3.05) is 0 Å². The van der Waals surface area contributed by atoms with Crippen molar-refractivity contribution < 1.29 is 0 Å². The predicted molar refractivity (Wildman–Crippen MR) is 46.2 cm³/mol. The van der Waals surface area contributed by atoms with Crippen molar-refractivity contribution >= 4 is 11.3 Å². The lowest BCUT2D eigenvalue weighted by atomic mass is 10.0. The minimum atomic E-state index is 0.524. The van der Waals surface area contributed by atoms with E-state index in [2.05, 4.69) is 29.7 Å². The molecule has 0 aliphatic carbocycles. The molecule has 0 aliphatic rings. The minimum absolute atomic E-state index is 0.524. The molecular weight excluding hydrogens is 140 g/mol. The first-order valence-corrected chi connectivity index (χ1v) is 4.24. The molecule has 1 aromatic heterocycles. The standard InChI is InChI=1S/C9H10S/c1-3-4-8(2)9-5-6-10-7-9/h1,5-8H,4H2,2H3. The van der Waals surface area contributed by atoms with Gasteiger partial charge in [-0.15, -0.1) is 12.3 Å². The fraction of sp³-hybridized carbons (Fsp3) is 0.333. The zero-order valence-corrected chi connectivity index (χ0v) is 6.82. The third kappa shape index (κ3) is 1.62. The van der Waals surface area contributed by atoms with Crippen LogP contribution in [0.3, 0.4) is 0 Å². The Morgan fingerprint density at radius 1 is 1.80 bits per heavy atom. The van der Waals surface area contributed by atoms with Gasteiger partial charge in [0.15, 0.2) is 0 Å². The molecule has 0 N–H and O–H groups in total. The molecule has 1 rings (SSSR count). The highest BCUT2D eigenvalue weighted by Gasteiger charge is 2.01. The van der Waals surface area contributed by atoms with Crippen LogP contribution in [-0.4, -0.2) is 0 Å². The quantitative estimate of drug-likeness (QED) is 0.569. The van der Waals surface area contributed by atoms with Gasteiger partial charge in [0, 0.05) is 6.42 Å². The Kier molecular flexibility index (Phi) is 2.53. The van der Waals surface area contributed by atoms with E-state index in [0.717, 1.165) is 6.42 Å². The van der Waals surface area contributed by atoms with E-state index in [0.29, 0.717) is 5.92 Å². The average molecular weight is 150 g/mol. The van der Waals surface area contributed by atoms with Crippen LogP contribution in [0.4, 0.5) is 0 Å². The van der Waals surface area contributed by atoms with Crippen LogP contribution in [0.25, 0.3) is 0 Å². The summed E-state index contributed by atoms with van der Waals surface area (Å²) in [4.78, 5) is 0. The summed E-state index contributed by atoms with van der Waals surface area (Å²) in [5, 5.41) is 4.24. The third-order valence-corrected chi connectivity index (χ3v) is 2.24. The molecule has 0 bridgehead atoms. The molecule has 0 aromatic carbocycles. The molecule has 10 heavy (non-hydrogen) atoms. The molecule has 0 fully saturated rings. The molecule has 1 heteroatoms. The van der Waals surface area contributed by atoms with Crippen molar-refractivity contribution in [3.05, 3.63) is 22.4 Å². The molecule has 0 radical (unpaired) electrons. The monoisotopic (exact) mass is 150 g/mol. The average Bonchev–Trinajstić information content (AvgIpc) is 2.38. The van der Waals surface area contributed by atoms with E-state index < -0.39 is 0 Å². The summed E-state index contributed by atoms with van der Waals surface area (Å²) in [7, 11) is 0. The van der Waals surface area contributed by atoms with Crippen molar-refractivity contribution in [1.29, 1.82) is 0 Å². The molecular formula is C9H10S. The molecule has 1 heterocycles. The lowest BCUT2D eigenvalue weighted by molar-refractivity contribution is 0.800. The molecule has 0 saturated heterocycles. The van der Waals surface area contributed by atoms with Crippen LogP contribution in [-0.2, 0) is 0 Å². The summed E-state index contributed by atoms with van der Waals surface area (Å²) < 4.78 is 0. The van der Waals surface area contributed by atoms with Gasteiger partial charge in [-0.1, -0.05) is 6.92 Å². The number of thiophene rings is 1. The Labute approximate surface area is 65.9 Å². The Morgan fingerprint density at radius 2 is 2.60 bits per heavy atom. The fourth-order valence-corrected chi connectivity index (χ4v) is 1.63. The van der Waals surface area contributed by atoms with Gasteiger partial charge in [-0.2, -0.15) is 11.3 Å². The molecule has 1 atom stereocenters.